The summed E-state index contributed by atoms with van der Waals surface area (Å²) in [6.45, 7) is 0.964. The first-order valence-electron chi connectivity index (χ1n) is 8.18. The van der Waals surface area contributed by atoms with Crippen LogP contribution >= 0.6 is 0 Å². The molecule has 2 aromatic carbocycles. The Labute approximate surface area is 139 Å². The second-order valence-electron chi connectivity index (χ2n) is 6.16. The highest BCUT2D eigenvalue weighted by Crippen LogP contribution is 2.32. The predicted molar refractivity (Wildman–Crippen MR) is 89.8 cm³/mol. The second-order valence-corrected chi connectivity index (χ2v) is 6.16. The summed E-state index contributed by atoms with van der Waals surface area (Å²) < 4.78 is 14.9. The van der Waals surface area contributed by atoms with Crippen molar-refractivity contribution in [1.29, 1.82) is 0 Å². The fraction of sp³-hybridized carbons (Fsp3) is 0.263. The smallest absolute Gasteiger partial charge is 0.244 e. The monoisotopic (exact) mass is 323 g/mol. The van der Waals surface area contributed by atoms with E-state index >= 15 is 0 Å². The van der Waals surface area contributed by atoms with Gasteiger partial charge in [-0.15, -0.1) is 0 Å². The van der Waals surface area contributed by atoms with Crippen LogP contribution in [0.5, 0.6) is 0 Å². The number of carbonyl (C=O) groups is 1. The van der Waals surface area contributed by atoms with Gasteiger partial charge in [-0.2, -0.15) is 5.10 Å². The number of nitrogens with zero attached hydrogens (tertiary/aromatic N) is 3. The number of carbonyl (C=O) groups excluding carboxylic acids is 1. The molecule has 5 heteroatoms. The maximum absolute atomic E-state index is 13.1. The predicted octanol–water partition coefficient (Wildman–Crippen LogP) is 3.54. The summed E-state index contributed by atoms with van der Waals surface area (Å²) in [5.41, 5.74) is 1.95. The molecular formula is C19H18FN3O. The van der Waals surface area contributed by atoms with Crippen molar-refractivity contribution in [2.24, 2.45) is 0 Å². The van der Waals surface area contributed by atoms with Crippen LogP contribution in [0.25, 0.3) is 10.9 Å². The van der Waals surface area contributed by atoms with Crippen molar-refractivity contribution in [2.75, 3.05) is 6.54 Å². The topological polar surface area (TPSA) is 38.1 Å². The molecule has 0 spiro atoms. The first-order chi connectivity index (χ1) is 11.7. The Balaban J connectivity index is 1.56. The number of hydrogen-bond donors (Lipinski definition) is 0. The summed E-state index contributed by atoms with van der Waals surface area (Å²) in [7, 11) is 0. The van der Waals surface area contributed by atoms with Gasteiger partial charge in [-0.25, -0.2) is 4.39 Å². The Kier molecular flexibility index (Phi) is 3.76. The van der Waals surface area contributed by atoms with Gasteiger partial charge in [0.25, 0.3) is 0 Å². The van der Waals surface area contributed by atoms with E-state index in [-0.39, 0.29) is 24.3 Å². The first kappa shape index (κ1) is 14.9. The summed E-state index contributed by atoms with van der Waals surface area (Å²) >= 11 is 0. The number of hydrogen-bond acceptors (Lipinski definition) is 2. The maximum Gasteiger partial charge on any atom is 0.244 e. The third kappa shape index (κ3) is 2.66. The molecule has 0 radical (unpaired) electrons. The molecule has 2 heterocycles. The molecule has 0 bridgehead atoms. The number of fused-ring (bicyclic) bond motifs is 1. The molecule has 3 aromatic rings. The molecular weight excluding hydrogens is 305 g/mol. The minimum absolute atomic E-state index is 0.0277. The normalized spacial score (nSPS) is 17.5. The average molecular weight is 323 g/mol. The quantitative estimate of drug-likeness (QED) is 0.739. The summed E-state index contributed by atoms with van der Waals surface area (Å²) in [5, 5.41) is 5.37. The van der Waals surface area contributed by atoms with E-state index in [0.717, 1.165) is 35.9 Å². The molecule has 4 nitrogen and oxygen atoms in total. The van der Waals surface area contributed by atoms with Crippen LogP contribution in [-0.2, 0) is 11.3 Å². The third-order valence-corrected chi connectivity index (χ3v) is 4.66. The summed E-state index contributed by atoms with van der Waals surface area (Å²) in [4.78, 5) is 14.7. The minimum atomic E-state index is -0.252. The van der Waals surface area contributed by atoms with E-state index < -0.39 is 0 Å². The second kappa shape index (κ2) is 6.07. The standard InChI is InChI=1S/C19H18FN3O/c20-16-9-7-14(8-10-16)17-6-3-11-22(17)19(24)13-23-18-5-2-1-4-15(18)12-21-23/h1-2,4-5,7-10,12,17H,3,6,11,13H2/t17-/m1/s1. The van der Waals surface area contributed by atoms with E-state index in [2.05, 4.69) is 5.10 Å². The van der Waals surface area contributed by atoms with Crippen molar-refractivity contribution >= 4 is 16.8 Å². The number of aromatic nitrogens is 2. The van der Waals surface area contributed by atoms with E-state index in [0.29, 0.717) is 0 Å². The van der Waals surface area contributed by atoms with Crippen LogP contribution in [0.2, 0.25) is 0 Å². The van der Waals surface area contributed by atoms with Gasteiger partial charge in [0.05, 0.1) is 17.8 Å². The van der Waals surface area contributed by atoms with Gasteiger partial charge in [0.2, 0.25) is 5.91 Å². The van der Waals surface area contributed by atoms with Gasteiger partial charge in [-0.05, 0) is 36.6 Å². The van der Waals surface area contributed by atoms with E-state index in [9.17, 15) is 9.18 Å². The third-order valence-electron chi connectivity index (χ3n) is 4.66. The molecule has 1 fully saturated rings. The SMILES string of the molecule is O=C(Cn1ncc2ccccc21)N1CCC[C@@H]1c1ccc(F)cc1. The van der Waals surface area contributed by atoms with Gasteiger partial charge in [-0.3, -0.25) is 9.48 Å². The van der Waals surface area contributed by atoms with Crippen LogP contribution in [0.1, 0.15) is 24.4 Å². The Morgan fingerprint density at radius 3 is 2.79 bits per heavy atom. The van der Waals surface area contributed by atoms with Crippen LogP contribution in [0.15, 0.2) is 54.7 Å². The molecule has 122 valence electrons. The number of rotatable bonds is 3. The van der Waals surface area contributed by atoms with E-state index in [1.165, 1.54) is 12.1 Å². The highest BCUT2D eigenvalue weighted by atomic mass is 19.1. The molecule has 0 saturated carbocycles. The number of halogens is 1. The zero-order chi connectivity index (χ0) is 16.5. The molecule has 4 rings (SSSR count). The highest BCUT2D eigenvalue weighted by molar-refractivity contribution is 5.82. The lowest BCUT2D eigenvalue weighted by Gasteiger charge is -2.25. The molecule has 1 aliphatic heterocycles. The van der Waals surface area contributed by atoms with E-state index in [1.807, 2.05) is 29.2 Å². The van der Waals surface area contributed by atoms with Gasteiger partial charge >= 0.3 is 0 Å². The Morgan fingerprint density at radius 2 is 1.96 bits per heavy atom. The van der Waals surface area contributed by atoms with Crippen molar-refractivity contribution in [2.45, 2.75) is 25.4 Å². The van der Waals surface area contributed by atoms with Crippen molar-refractivity contribution in [3.05, 3.63) is 66.1 Å². The lowest BCUT2D eigenvalue weighted by Crippen LogP contribution is -2.33. The fourth-order valence-corrected chi connectivity index (χ4v) is 3.47. The van der Waals surface area contributed by atoms with Crippen LogP contribution in [0, 0.1) is 5.82 Å². The number of likely N-dealkylation sites (tertiary alicyclic amines) is 1. The lowest BCUT2D eigenvalue weighted by atomic mass is 10.0. The van der Waals surface area contributed by atoms with Crippen molar-refractivity contribution in [3.8, 4) is 0 Å². The van der Waals surface area contributed by atoms with Crippen LogP contribution < -0.4 is 0 Å². The lowest BCUT2D eigenvalue weighted by molar-refractivity contribution is -0.132. The largest absolute Gasteiger partial charge is 0.334 e. The molecule has 1 amide bonds. The molecule has 1 atom stereocenters. The fourth-order valence-electron chi connectivity index (χ4n) is 3.47. The molecule has 0 aliphatic carbocycles. The Hall–Kier alpha value is -2.69. The Bertz CT molecular complexity index is 872. The van der Waals surface area contributed by atoms with Crippen molar-refractivity contribution in [1.82, 2.24) is 14.7 Å². The first-order valence-corrected chi connectivity index (χ1v) is 8.18. The summed E-state index contributed by atoms with van der Waals surface area (Å²) in [6, 6.07) is 14.3. The summed E-state index contributed by atoms with van der Waals surface area (Å²) in [5.74, 6) is -0.201. The summed E-state index contributed by atoms with van der Waals surface area (Å²) in [6.07, 6.45) is 3.66. The number of para-hydroxylation sites is 1. The molecule has 0 N–H and O–H groups in total. The molecule has 0 unspecified atom stereocenters. The molecule has 1 aliphatic rings. The minimum Gasteiger partial charge on any atom is -0.334 e. The maximum atomic E-state index is 13.1. The van der Waals surface area contributed by atoms with Crippen LogP contribution in [0.3, 0.4) is 0 Å². The Morgan fingerprint density at radius 1 is 1.17 bits per heavy atom. The van der Waals surface area contributed by atoms with Gasteiger partial charge in [0, 0.05) is 11.9 Å². The van der Waals surface area contributed by atoms with Crippen LogP contribution in [-0.4, -0.2) is 27.1 Å². The van der Waals surface area contributed by atoms with Crippen molar-refractivity contribution in [3.63, 3.8) is 0 Å². The highest BCUT2D eigenvalue weighted by Gasteiger charge is 2.30. The van der Waals surface area contributed by atoms with Gasteiger partial charge in [0.15, 0.2) is 0 Å². The van der Waals surface area contributed by atoms with Crippen LogP contribution in [0.4, 0.5) is 4.39 Å². The number of benzene rings is 2. The van der Waals surface area contributed by atoms with Gasteiger partial charge in [0.1, 0.15) is 12.4 Å². The zero-order valence-electron chi connectivity index (χ0n) is 13.2. The number of amides is 1. The van der Waals surface area contributed by atoms with E-state index in [4.69, 9.17) is 0 Å². The van der Waals surface area contributed by atoms with Gasteiger partial charge < -0.3 is 4.90 Å². The van der Waals surface area contributed by atoms with Gasteiger partial charge in [-0.1, -0.05) is 30.3 Å². The zero-order valence-corrected chi connectivity index (χ0v) is 13.2. The molecule has 24 heavy (non-hydrogen) atoms. The average Bonchev–Trinajstić information content (AvgIpc) is 3.23. The van der Waals surface area contributed by atoms with Crippen molar-refractivity contribution < 1.29 is 9.18 Å². The molecule has 1 aromatic heterocycles. The molecule has 1 saturated heterocycles. The van der Waals surface area contributed by atoms with E-state index in [1.54, 1.807) is 23.0 Å².